The van der Waals surface area contributed by atoms with Crippen molar-refractivity contribution in [2.45, 2.75) is 19.4 Å². The Morgan fingerprint density at radius 2 is 2.33 bits per heavy atom. The molecule has 1 unspecified atom stereocenters. The summed E-state index contributed by atoms with van der Waals surface area (Å²) in [6.45, 7) is 3.80. The Labute approximate surface area is 106 Å². The minimum Gasteiger partial charge on any atom is -0.396 e. The van der Waals surface area contributed by atoms with Gasteiger partial charge in [-0.15, -0.1) is 0 Å². The molecule has 98 valence electrons. The fourth-order valence-electron chi connectivity index (χ4n) is 2.04. The van der Waals surface area contributed by atoms with Gasteiger partial charge in [0.05, 0.1) is 11.8 Å². The Morgan fingerprint density at radius 3 is 3.06 bits per heavy atom. The van der Waals surface area contributed by atoms with Crippen LogP contribution in [0.1, 0.15) is 23.7 Å². The number of hydrogen-bond donors (Lipinski definition) is 1. The van der Waals surface area contributed by atoms with Crippen molar-refractivity contribution >= 4 is 11.6 Å². The summed E-state index contributed by atoms with van der Waals surface area (Å²) >= 11 is 0. The number of nitrogen functional groups attached to an aromatic ring is 1. The van der Waals surface area contributed by atoms with Crippen LogP contribution in [0, 0.1) is 5.82 Å². The van der Waals surface area contributed by atoms with Crippen molar-refractivity contribution < 1.29 is 13.9 Å². The molecule has 0 bridgehead atoms. The van der Waals surface area contributed by atoms with Crippen LogP contribution in [-0.4, -0.2) is 36.6 Å². The fourth-order valence-corrected chi connectivity index (χ4v) is 2.04. The van der Waals surface area contributed by atoms with Crippen LogP contribution >= 0.6 is 0 Å². The zero-order valence-corrected chi connectivity index (χ0v) is 10.4. The average molecular weight is 252 g/mol. The largest absolute Gasteiger partial charge is 0.396 e. The molecular formula is C13H17FN2O2. The molecule has 5 heteroatoms. The van der Waals surface area contributed by atoms with Crippen LogP contribution in [0.15, 0.2) is 18.2 Å². The van der Waals surface area contributed by atoms with Gasteiger partial charge >= 0.3 is 0 Å². The van der Waals surface area contributed by atoms with Crippen LogP contribution in [0.2, 0.25) is 0 Å². The van der Waals surface area contributed by atoms with Crippen LogP contribution in [-0.2, 0) is 4.74 Å². The van der Waals surface area contributed by atoms with Crippen LogP contribution in [0.3, 0.4) is 0 Å². The van der Waals surface area contributed by atoms with Crippen LogP contribution in [0.4, 0.5) is 10.1 Å². The number of amides is 1. The fraction of sp³-hybridized carbons (Fsp3) is 0.462. The molecule has 1 fully saturated rings. The van der Waals surface area contributed by atoms with E-state index >= 15 is 0 Å². The Balaban J connectivity index is 2.16. The third-order valence-electron chi connectivity index (χ3n) is 2.98. The highest BCUT2D eigenvalue weighted by molar-refractivity contribution is 5.95. The molecule has 0 spiro atoms. The molecule has 1 aliphatic rings. The van der Waals surface area contributed by atoms with Gasteiger partial charge in [0, 0.05) is 25.3 Å². The first-order valence-electron chi connectivity index (χ1n) is 6.04. The van der Waals surface area contributed by atoms with Gasteiger partial charge in [-0.2, -0.15) is 0 Å². The summed E-state index contributed by atoms with van der Waals surface area (Å²) in [5, 5.41) is 0. The summed E-state index contributed by atoms with van der Waals surface area (Å²) in [4.78, 5) is 14.0. The van der Waals surface area contributed by atoms with E-state index in [0.717, 1.165) is 6.42 Å². The van der Waals surface area contributed by atoms with E-state index in [4.69, 9.17) is 10.5 Å². The van der Waals surface area contributed by atoms with Gasteiger partial charge in [-0.3, -0.25) is 4.79 Å². The molecule has 1 saturated heterocycles. The summed E-state index contributed by atoms with van der Waals surface area (Å²) in [5.41, 5.74) is 5.90. The molecule has 1 atom stereocenters. The molecule has 0 saturated carbocycles. The van der Waals surface area contributed by atoms with Crippen LogP contribution in [0.5, 0.6) is 0 Å². The second-order valence-corrected chi connectivity index (χ2v) is 4.52. The lowest BCUT2D eigenvalue weighted by Gasteiger charge is -2.22. The number of halogens is 1. The highest BCUT2D eigenvalue weighted by Crippen LogP contribution is 2.16. The number of nitrogens with two attached hydrogens (primary N) is 1. The summed E-state index contributed by atoms with van der Waals surface area (Å²) < 4.78 is 18.5. The first-order valence-corrected chi connectivity index (χ1v) is 6.04. The van der Waals surface area contributed by atoms with Gasteiger partial charge in [-0.05, 0) is 31.5 Å². The average Bonchev–Trinajstić information content (AvgIpc) is 2.56. The zero-order chi connectivity index (χ0) is 13.1. The second-order valence-electron chi connectivity index (χ2n) is 4.52. The van der Waals surface area contributed by atoms with E-state index in [1.54, 1.807) is 4.90 Å². The molecule has 18 heavy (non-hydrogen) atoms. The van der Waals surface area contributed by atoms with Crippen LogP contribution < -0.4 is 5.73 Å². The van der Waals surface area contributed by atoms with Crippen molar-refractivity contribution in [2.24, 2.45) is 0 Å². The van der Waals surface area contributed by atoms with Gasteiger partial charge in [0.25, 0.3) is 5.91 Å². The molecule has 0 aromatic heterocycles. The Hall–Kier alpha value is -1.62. The van der Waals surface area contributed by atoms with Crippen LogP contribution in [0.25, 0.3) is 0 Å². The maximum absolute atomic E-state index is 13.1. The molecule has 2 N–H and O–H groups in total. The zero-order valence-electron chi connectivity index (χ0n) is 10.4. The molecule has 0 aliphatic carbocycles. The van der Waals surface area contributed by atoms with Crippen molar-refractivity contribution in [1.82, 2.24) is 4.90 Å². The molecule has 0 radical (unpaired) electrons. The number of nitrogens with zero attached hydrogens (tertiary/aromatic N) is 1. The van der Waals surface area contributed by atoms with E-state index in [2.05, 4.69) is 0 Å². The quantitative estimate of drug-likeness (QED) is 0.773. The monoisotopic (exact) mass is 252 g/mol. The van der Waals surface area contributed by atoms with Gasteiger partial charge in [0.2, 0.25) is 0 Å². The predicted molar refractivity (Wildman–Crippen MR) is 66.7 cm³/mol. The topological polar surface area (TPSA) is 55.6 Å². The first kappa shape index (κ1) is 12.8. The van der Waals surface area contributed by atoms with E-state index < -0.39 is 5.82 Å². The lowest BCUT2D eigenvalue weighted by atomic mass is 10.1. The molecule has 2 rings (SSSR count). The Morgan fingerprint density at radius 1 is 1.56 bits per heavy atom. The highest BCUT2D eigenvalue weighted by atomic mass is 19.1. The third kappa shape index (κ3) is 2.79. The third-order valence-corrected chi connectivity index (χ3v) is 2.98. The molecule has 4 nitrogen and oxygen atoms in total. The number of hydrogen-bond acceptors (Lipinski definition) is 3. The minimum atomic E-state index is -0.501. The molecule has 1 aliphatic heterocycles. The Kier molecular flexibility index (Phi) is 3.81. The normalized spacial score (nSPS) is 20.6. The number of ether oxygens (including phenoxy) is 1. The molecule has 1 aromatic rings. The van der Waals surface area contributed by atoms with E-state index in [9.17, 15) is 9.18 Å². The summed E-state index contributed by atoms with van der Waals surface area (Å²) in [5.74, 6) is -0.627. The number of carbonyl (C=O) groups is 1. The van der Waals surface area contributed by atoms with Crippen molar-refractivity contribution in [3.63, 3.8) is 0 Å². The van der Waals surface area contributed by atoms with Gasteiger partial charge in [0.1, 0.15) is 5.82 Å². The molecule has 1 heterocycles. The van der Waals surface area contributed by atoms with Crippen molar-refractivity contribution in [1.29, 1.82) is 0 Å². The standard InChI is InChI=1S/C13H17FN2O2/c1-9-8-16(5-2-6-18-9)13(17)10-3-4-11(14)12(15)7-10/h3-4,7,9H,2,5-6,8,15H2,1H3. The summed E-state index contributed by atoms with van der Waals surface area (Å²) in [6.07, 6.45) is 0.835. The van der Waals surface area contributed by atoms with Crippen molar-refractivity contribution in [3.8, 4) is 0 Å². The van der Waals surface area contributed by atoms with E-state index in [1.807, 2.05) is 6.92 Å². The number of carbonyl (C=O) groups excluding carboxylic acids is 1. The second kappa shape index (κ2) is 5.35. The smallest absolute Gasteiger partial charge is 0.254 e. The van der Waals surface area contributed by atoms with E-state index in [0.29, 0.717) is 25.3 Å². The number of rotatable bonds is 1. The lowest BCUT2D eigenvalue weighted by Crippen LogP contribution is -2.35. The molecule has 1 aromatic carbocycles. The van der Waals surface area contributed by atoms with E-state index in [1.165, 1.54) is 18.2 Å². The van der Waals surface area contributed by atoms with Gasteiger partial charge in [-0.1, -0.05) is 0 Å². The van der Waals surface area contributed by atoms with Gasteiger partial charge < -0.3 is 15.4 Å². The van der Waals surface area contributed by atoms with E-state index in [-0.39, 0.29) is 17.7 Å². The minimum absolute atomic E-state index is 0.0000274. The maximum atomic E-state index is 13.1. The Bertz CT molecular complexity index is 451. The molecular weight excluding hydrogens is 235 g/mol. The SMILES string of the molecule is CC1CN(C(=O)c2ccc(F)c(N)c2)CCCO1. The van der Waals surface area contributed by atoms with Gasteiger partial charge in [-0.25, -0.2) is 4.39 Å². The number of benzene rings is 1. The highest BCUT2D eigenvalue weighted by Gasteiger charge is 2.21. The lowest BCUT2D eigenvalue weighted by molar-refractivity contribution is 0.0563. The maximum Gasteiger partial charge on any atom is 0.254 e. The first-order chi connectivity index (χ1) is 8.58. The van der Waals surface area contributed by atoms with Crippen molar-refractivity contribution in [2.75, 3.05) is 25.4 Å². The summed E-state index contributed by atoms with van der Waals surface area (Å²) in [7, 11) is 0. The van der Waals surface area contributed by atoms with Gasteiger partial charge in [0.15, 0.2) is 0 Å². The molecule has 1 amide bonds. The summed E-state index contributed by atoms with van der Waals surface area (Å²) in [6, 6.07) is 4.07. The predicted octanol–water partition coefficient (Wildman–Crippen LogP) is 1.66. The number of anilines is 1. The van der Waals surface area contributed by atoms with Crippen molar-refractivity contribution in [3.05, 3.63) is 29.6 Å².